The highest BCUT2D eigenvalue weighted by molar-refractivity contribution is 5.25. The van der Waals surface area contributed by atoms with Crippen molar-refractivity contribution in [3.63, 3.8) is 0 Å². The van der Waals surface area contributed by atoms with Gasteiger partial charge in [-0.2, -0.15) is 0 Å². The van der Waals surface area contributed by atoms with Gasteiger partial charge in [0.25, 0.3) is 0 Å². The minimum absolute atomic E-state index is 0.0891. The number of epoxide rings is 1. The van der Waals surface area contributed by atoms with E-state index in [4.69, 9.17) is 4.74 Å². The Kier molecular flexibility index (Phi) is 5.50. The van der Waals surface area contributed by atoms with E-state index in [0.717, 1.165) is 42.4 Å². The summed E-state index contributed by atoms with van der Waals surface area (Å²) >= 11 is 0. The summed E-state index contributed by atoms with van der Waals surface area (Å²) in [5.74, 6) is 4.99. The Hall–Kier alpha value is -0.340. The molecule has 4 aliphatic carbocycles. The van der Waals surface area contributed by atoms with Gasteiger partial charge in [-0.25, -0.2) is 0 Å². The van der Waals surface area contributed by atoms with E-state index in [0.29, 0.717) is 22.9 Å². The lowest BCUT2D eigenvalue weighted by Gasteiger charge is -2.58. The molecule has 176 valence electrons. The van der Waals surface area contributed by atoms with Crippen LogP contribution in [-0.2, 0) is 4.74 Å². The van der Waals surface area contributed by atoms with Crippen LogP contribution in [0.15, 0.2) is 11.6 Å². The summed E-state index contributed by atoms with van der Waals surface area (Å²) in [5.41, 5.74) is 2.69. The predicted molar refractivity (Wildman–Crippen MR) is 128 cm³/mol. The van der Waals surface area contributed by atoms with Gasteiger partial charge in [-0.3, -0.25) is 0 Å². The molecular weight excluding hydrogens is 380 g/mol. The second kappa shape index (κ2) is 7.59. The van der Waals surface area contributed by atoms with Crippen LogP contribution < -0.4 is 0 Å². The number of rotatable bonds is 5. The number of hydrogen-bond donors (Lipinski definition) is 1. The maximum absolute atomic E-state index is 10.3. The van der Waals surface area contributed by atoms with E-state index in [1.807, 2.05) is 0 Å². The van der Waals surface area contributed by atoms with Crippen LogP contribution in [0.5, 0.6) is 0 Å². The van der Waals surface area contributed by atoms with E-state index >= 15 is 0 Å². The summed E-state index contributed by atoms with van der Waals surface area (Å²) in [4.78, 5) is 0. The Labute approximate surface area is 191 Å². The highest BCUT2D eigenvalue weighted by atomic mass is 16.6. The Morgan fingerprint density at radius 1 is 1.06 bits per heavy atom. The molecule has 10 atom stereocenters. The molecule has 0 aromatic rings. The van der Waals surface area contributed by atoms with Crippen molar-refractivity contribution in [1.82, 2.24) is 0 Å². The van der Waals surface area contributed by atoms with E-state index < -0.39 is 0 Å². The molecule has 0 radical (unpaired) electrons. The van der Waals surface area contributed by atoms with Crippen molar-refractivity contribution in [2.75, 3.05) is 0 Å². The molecule has 31 heavy (non-hydrogen) atoms. The summed E-state index contributed by atoms with van der Waals surface area (Å²) < 4.78 is 6.13. The zero-order valence-corrected chi connectivity index (χ0v) is 21.1. The van der Waals surface area contributed by atoms with Crippen LogP contribution in [0.25, 0.3) is 0 Å². The smallest absolute Gasteiger partial charge is 0.0968 e. The molecule has 1 heterocycles. The quantitative estimate of drug-likeness (QED) is 0.372. The molecule has 2 heteroatoms. The third kappa shape index (κ3) is 3.32. The average molecular weight is 429 g/mol. The van der Waals surface area contributed by atoms with Crippen molar-refractivity contribution in [1.29, 1.82) is 0 Å². The van der Waals surface area contributed by atoms with E-state index in [1.54, 1.807) is 5.57 Å². The van der Waals surface area contributed by atoms with Crippen molar-refractivity contribution in [2.24, 2.45) is 46.3 Å². The Bertz CT molecular complexity index is 726. The molecule has 0 spiro atoms. The SMILES string of the molecule is CC(CCC1(C(C)C)OC1C)C1CCC2C3CC=C4CC(O)CCC4(C)C3CCC12C. The largest absolute Gasteiger partial charge is 0.393 e. The van der Waals surface area contributed by atoms with Crippen molar-refractivity contribution in [3.8, 4) is 0 Å². The molecule has 3 saturated carbocycles. The summed E-state index contributed by atoms with van der Waals surface area (Å²) in [6.45, 7) is 14.8. The minimum Gasteiger partial charge on any atom is -0.393 e. The summed E-state index contributed by atoms with van der Waals surface area (Å²) in [6, 6.07) is 0. The highest BCUT2D eigenvalue weighted by Gasteiger charge is 2.60. The number of aliphatic hydroxyl groups is 1. The van der Waals surface area contributed by atoms with Gasteiger partial charge in [0.15, 0.2) is 0 Å². The number of hydrogen-bond acceptors (Lipinski definition) is 2. The van der Waals surface area contributed by atoms with Crippen LogP contribution in [0.4, 0.5) is 0 Å². The van der Waals surface area contributed by atoms with Gasteiger partial charge < -0.3 is 9.84 Å². The van der Waals surface area contributed by atoms with E-state index in [1.165, 1.54) is 51.4 Å². The van der Waals surface area contributed by atoms with Crippen LogP contribution >= 0.6 is 0 Å². The molecule has 1 N–H and O–H groups in total. The fraction of sp³-hybridized carbons (Fsp3) is 0.931. The topological polar surface area (TPSA) is 32.8 Å². The lowest BCUT2D eigenvalue weighted by Crippen LogP contribution is -2.50. The Balaban J connectivity index is 1.30. The van der Waals surface area contributed by atoms with Crippen molar-refractivity contribution in [3.05, 3.63) is 11.6 Å². The number of aliphatic hydroxyl groups excluding tert-OH is 1. The third-order valence-corrected chi connectivity index (χ3v) is 11.8. The van der Waals surface area contributed by atoms with Crippen molar-refractivity contribution in [2.45, 2.75) is 124 Å². The van der Waals surface area contributed by atoms with Gasteiger partial charge in [-0.15, -0.1) is 0 Å². The van der Waals surface area contributed by atoms with Crippen LogP contribution in [-0.4, -0.2) is 22.9 Å². The van der Waals surface area contributed by atoms with Crippen LogP contribution in [0.3, 0.4) is 0 Å². The van der Waals surface area contributed by atoms with Gasteiger partial charge in [0, 0.05) is 0 Å². The number of allylic oxidation sites excluding steroid dienone is 1. The first-order valence-electron chi connectivity index (χ1n) is 13.7. The van der Waals surface area contributed by atoms with E-state index in [-0.39, 0.29) is 11.7 Å². The fourth-order valence-electron chi connectivity index (χ4n) is 9.72. The average Bonchev–Trinajstić information content (AvgIpc) is 3.25. The third-order valence-electron chi connectivity index (χ3n) is 11.8. The van der Waals surface area contributed by atoms with Crippen molar-refractivity contribution >= 4 is 0 Å². The first kappa shape index (κ1) is 22.5. The molecular formula is C29H48O2. The molecule has 0 aromatic carbocycles. The molecule has 0 bridgehead atoms. The van der Waals surface area contributed by atoms with E-state index in [2.05, 4.69) is 47.6 Å². The molecule has 1 aliphatic heterocycles. The molecule has 0 aromatic heterocycles. The van der Waals surface area contributed by atoms with Gasteiger partial charge >= 0.3 is 0 Å². The van der Waals surface area contributed by atoms with Gasteiger partial charge in [0.05, 0.1) is 17.8 Å². The first-order valence-corrected chi connectivity index (χ1v) is 13.7. The molecule has 10 unspecified atom stereocenters. The molecule has 0 amide bonds. The van der Waals surface area contributed by atoms with Gasteiger partial charge in [0.2, 0.25) is 0 Å². The lowest BCUT2D eigenvalue weighted by molar-refractivity contribution is -0.0576. The second-order valence-electron chi connectivity index (χ2n) is 13.3. The maximum atomic E-state index is 10.3. The Morgan fingerprint density at radius 2 is 1.81 bits per heavy atom. The van der Waals surface area contributed by atoms with E-state index in [9.17, 15) is 5.11 Å². The van der Waals surface area contributed by atoms with Gasteiger partial charge in [-0.05, 0) is 117 Å². The summed E-state index contributed by atoms with van der Waals surface area (Å²) in [7, 11) is 0. The second-order valence-corrected chi connectivity index (χ2v) is 13.3. The molecule has 4 fully saturated rings. The van der Waals surface area contributed by atoms with Crippen LogP contribution in [0.1, 0.15) is 106 Å². The summed E-state index contributed by atoms with van der Waals surface area (Å²) in [6.07, 6.45) is 15.7. The lowest BCUT2D eigenvalue weighted by atomic mass is 9.47. The maximum Gasteiger partial charge on any atom is 0.0968 e. The monoisotopic (exact) mass is 428 g/mol. The van der Waals surface area contributed by atoms with Crippen molar-refractivity contribution < 1.29 is 9.84 Å². The van der Waals surface area contributed by atoms with Gasteiger partial charge in [0.1, 0.15) is 0 Å². The highest BCUT2D eigenvalue weighted by Crippen LogP contribution is 2.67. The zero-order chi connectivity index (χ0) is 22.2. The summed E-state index contributed by atoms with van der Waals surface area (Å²) in [5, 5.41) is 10.3. The zero-order valence-electron chi connectivity index (χ0n) is 21.1. The number of fused-ring (bicyclic) bond motifs is 5. The fourth-order valence-corrected chi connectivity index (χ4v) is 9.72. The van der Waals surface area contributed by atoms with Crippen LogP contribution in [0.2, 0.25) is 0 Å². The minimum atomic E-state index is -0.0891. The predicted octanol–water partition coefficient (Wildman–Crippen LogP) is 7.16. The molecule has 5 rings (SSSR count). The Morgan fingerprint density at radius 3 is 2.48 bits per heavy atom. The molecule has 2 nitrogen and oxygen atoms in total. The standard InChI is InChI=1S/C29H48O2/c1-18(2)29(20(4)31-29)16-11-19(3)24-9-10-25-23-8-7-21-17-22(30)12-14-27(21,5)26(23)13-15-28(24,25)6/h7,18-20,22-26,30H,8-17H2,1-6H3. The number of ether oxygens (including phenoxy) is 1. The molecule has 1 saturated heterocycles. The van der Waals surface area contributed by atoms with Gasteiger partial charge in [-0.1, -0.05) is 46.3 Å². The first-order chi connectivity index (χ1) is 14.6. The molecule has 5 aliphatic rings. The van der Waals surface area contributed by atoms with Crippen LogP contribution in [0, 0.1) is 46.3 Å². The normalized spacial score (nSPS) is 52.2.